The topological polar surface area (TPSA) is 41.3 Å². The van der Waals surface area contributed by atoms with E-state index in [4.69, 9.17) is 5.73 Å². The number of hydrogen-bond acceptors (Lipinski definition) is 3. The number of nitrogens with two attached hydrogens (primary N) is 1. The summed E-state index contributed by atoms with van der Waals surface area (Å²) in [7, 11) is 0. The molecule has 3 heteroatoms. The summed E-state index contributed by atoms with van der Waals surface area (Å²) in [6.45, 7) is 7.34. The quantitative estimate of drug-likeness (QED) is 0.800. The first-order chi connectivity index (χ1) is 7.83. The molecule has 1 aromatic rings. The normalized spacial score (nSPS) is 19.6. The Kier molecular flexibility index (Phi) is 3.93. The predicted molar refractivity (Wildman–Crippen MR) is 67.2 cm³/mol. The van der Waals surface area contributed by atoms with Gasteiger partial charge < -0.3 is 11.1 Å². The lowest BCUT2D eigenvalue weighted by Gasteiger charge is -2.33. The van der Waals surface area contributed by atoms with Gasteiger partial charge in [0.2, 0.25) is 0 Å². The van der Waals surface area contributed by atoms with E-state index >= 15 is 0 Å². The fourth-order valence-corrected chi connectivity index (χ4v) is 2.39. The smallest absolute Gasteiger partial charge is 0.0324 e. The number of benzene rings is 1. The molecule has 0 saturated carbocycles. The van der Waals surface area contributed by atoms with Crippen molar-refractivity contribution in [1.82, 2.24) is 10.2 Å². The van der Waals surface area contributed by atoms with Crippen LogP contribution in [0.4, 0.5) is 0 Å². The van der Waals surface area contributed by atoms with E-state index in [0.29, 0.717) is 12.6 Å². The van der Waals surface area contributed by atoms with Crippen LogP contribution in [0, 0.1) is 0 Å². The van der Waals surface area contributed by atoms with Crippen LogP contribution >= 0.6 is 0 Å². The predicted octanol–water partition coefficient (Wildman–Crippen LogP) is 1.11. The molecule has 1 aliphatic rings. The van der Waals surface area contributed by atoms with Gasteiger partial charge in [0.25, 0.3) is 0 Å². The van der Waals surface area contributed by atoms with Crippen molar-refractivity contribution >= 4 is 0 Å². The van der Waals surface area contributed by atoms with Crippen LogP contribution in [0.25, 0.3) is 0 Å². The molecule has 0 radical (unpaired) electrons. The van der Waals surface area contributed by atoms with Crippen LogP contribution < -0.4 is 11.1 Å². The Hall–Kier alpha value is -0.900. The monoisotopic (exact) mass is 219 g/mol. The standard InChI is InChI=1S/C13H21N3/c1-11(16-8-6-15-7-9-16)13-5-3-2-4-12(13)10-14/h2-5,11,15H,6-10,14H2,1H3. The molecule has 1 aromatic carbocycles. The Morgan fingerprint density at radius 1 is 1.31 bits per heavy atom. The molecule has 1 unspecified atom stereocenters. The maximum absolute atomic E-state index is 5.79. The van der Waals surface area contributed by atoms with Crippen LogP contribution in [0.5, 0.6) is 0 Å². The highest BCUT2D eigenvalue weighted by molar-refractivity contribution is 5.29. The van der Waals surface area contributed by atoms with Crippen molar-refractivity contribution in [3.8, 4) is 0 Å². The first-order valence-electron chi connectivity index (χ1n) is 6.05. The number of piperazine rings is 1. The van der Waals surface area contributed by atoms with Crippen molar-refractivity contribution in [2.45, 2.75) is 19.5 Å². The minimum absolute atomic E-state index is 0.474. The first-order valence-corrected chi connectivity index (χ1v) is 6.05. The summed E-state index contributed by atoms with van der Waals surface area (Å²) in [5.74, 6) is 0. The van der Waals surface area contributed by atoms with E-state index in [1.165, 1.54) is 11.1 Å². The maximum atomic E-state index is 5.79. The highest BCUT2D eigenvalue weighted by Crippen LogP contribution is 2.23. The SMILES string of the molecule is CC(c1ccccc1CN)N1CCNCC1. The third kappa shape index (κ3) is 2.43. The van der Waals surface area contributed by atoms with Gasteiger partial charge in [-0.2, -0.15) is 0 Å². The van der Waals surface area contributed by atoms with Crippen LogP contribution in [0.15, 0.2) is 24.3 Å². The molecular formula is C13H21N3. The van der Waals surface area contributed by atoms with Gasteiger partial charge in [0, 0.05) is 38.8 Å². The molecule has 0 amide bonds. The fourth-order valence-electron chi connectivity index (χ4n) is 2.39. The molecule has 2 rings (SSSR count). The van der Waals surface area contributed by atoms with Gasteiger partial charge in [0.1, 0.15) is 0 Å². The van der Waals surface area contributed by atoms with Crippen molar-refractivity contribution in [3.63, 3.8) is 0 Å². The Morgan fingerprint density at radius 3 is 2.69 bits per heavy atom. The Labute approximate surface area is 97.6 Å². The minimum atomic E-state index is 0.474. The molecular weight excluding hydrogens is 198 g/mol. The van der Waals surface area contributed by atoms with Crippen molar-refractivity contribution in [1.29, 1.82) is 0 Å². The average molecular weight is 219 g/mol. The summed E-state index contributed by atoms with van der Waals surface area (Å²) in [6.07, 6.45) is 0. The van der Waals surface area contributed by atoms with E-state index in [1.807, 2.05) is 0 Å². The van der Waals surface area contributed by atoms with E-state index in [2.05, 4.69) is 41.4 Å². The largest absolute Gasteiger partial charge is 0.326 e. The van der Waals surface area contributed by atoms with Crippen LogP contribution in [0.2, 0.25) is 0 Å². The summed E-state index contributed by atoms with van der Waals surface area (Å²) in [4.78, 5) is 2.52. The maximum Gasteiger partial charge on any atom is 0.0324 e. The van der Waals surface area contributed by atoms with Gasteiger partial charge in [-0.1, -0.05) is 24.3 Å². The minimum Gasteiger partial charge on any atom is -0.326 e. The first kappa shape index (κ1) is 11.6. The lowest BCUT2D eigenvalue weighted by molar-refractivity contribution is 0.185. The molecule has 1 aliphatic heterocycles. The summed E-state index contributed by atoms with van der Waals surface area (Å²) < 4.78 is 0. The van der Waals surface area contributed by atoms with Gasteiger partial charge in [-0.15, -0.1) is 0 Å². The van der Waals surface area contributed by atoms with Crippen molar-refractivity contribution in [2.75, 3.05) is 26.2 Å². The Bertz CT molecular complexity index is 332. The molecule has 1 fully saturated rings. The molecule has 3 nitrogen and oxygen atoms in total. The molecule has 0 bridgehead atoms. The fraction of sp³-hybridized carbons (Fsp3) is 0.538. The Morgan fingerprint density at radius 2 is 2.00 bits per heavy atom. The van der Waals surface area contributed by atoms with Crippen LogP contribution in [0.3, 0.4) is 0 Å². The molecule has 0 aromatic heterocycles. The molecule has 88 valence electrons. The molecule has 1 saturated heterocycles. The second-order valence-corrected chi connectivity index (χ2v) is 4.36. The molecule has 16 heavy (non-hydrogen) atoms. The van der Waals surface area contributed by atoms with E-state index < -0.39 is 0 Å². The highest BCUT2D eigenvalue weighted by atomic mass is 15.2. The zero-order valence-electron chi connectivity index (χ0n) is 9.95. The Balaban J connectivity index is 2.15. The third-order valence-corrected chi connectivity index (χ3v) is 3.42. The van der Waals surface area contributed by atoms with E-state index in [-0.39, 0.29) is 0 Å². The second kappa shape index (κ2) is 5.43. The van der Waals surface area contributed by atoms with Gasteiger partial charge in [-0.25, -0.2) is 0 Å². The number of nitrogens with zero attached hydrogens (tertiary/aromatic N) is 1. The molecule has 1 atom stereocenters. The van der Waals surface area contributed by atoms with Crippen LogP contribution in [-0.2, 0) is 6.54 Å². The van der Waals surface area contributed by atoms with E-state index in [0.717, 1.165) is 26.2 Å². The molecule has 3 N–H and O–H groups in total. The summed E-state index contributed by atoms with van der Waals surface area (Å²) >= 11 is 0. The van der Waals surface area contributed by atoms with Crippen molar-refractivity contribution in [3.05, 3.63) is 35.4 Å². The summed E-state index contributed by atoms with van der Waals surface area (Å²) in [6, 6.07) is 8.98. The zero-order valence-corrected chi connectivity index (χ0v) is 9.95. The third-order valence-electron chi connectivity index (χ3n) is 3.42. The van der Waals surface area contributed by atoms with Crippen molar-refractivity contribution in [2.24, 2.45) is 5.73 Å². The zero-order chi connectivity index (χ0) is 11.4. The van der Waals surface area contributed by atoms with Crippen molar-refractivity contribution < 1.29 is 0 Å². The lowest BCUT2D eigenvalue weighted by Crippen LogP contribution is -2.44. The molecule has 0 aliphatic carbocycles. The highest BCUT2D eigenvalue weighted by Gasteiger charge is 2.19. The lowest BCUT2D eigenvalue weighted by atomic mass is 10.00. The van der Waals surface area contributed by atoms with E-state index in [9.17, 15) is 0 Å². The summed E-state index contributed by atoms with van der Waals surface area (Å²) in [5.41, 5.74) is 8.44. The number of nitrogens with one attached hydrogen (secondary N) is 1. The average Bonchev–Trinajstić information content (AvgIpc) is 2.39. The number of hydrogen-bond donors (Lipinski definition) is 2. The van der Waals surface area contributed by atoms with Crippen LogP contribution in [0.1, 0.15) is 24.1 Å². The van der Waals surface area contributed by atoms with Gasteiger partial charge in [-0.3, -0.25) is 4.90 Å². The van der Waals surface area contributed by atoms with Gasteiger partial charge in [-0.05, 0) is 18.1 Å². The van der Waals surface area contributed by atoms with Gasteiger partial charge in [0.15, 0.2) is 0 Å². The molecule has 1 heterocycles. The van der Waals surface area contributed by atoms with Crippen LogP contribution in [-0.4, -0.2) is 31.1 Å². The second-order valence-electron chi connectivity index (χ2n) is 4.36. The number of rotatable bonds is 3. The van der Waals surface area contributed by atoms with E-state index in [1.54, 1.807) is 0 Å². The van der Waals surface area contributed by atoms with Gasteiger partial charge in [0.05, 0.1) is 0 Å². The van der Waals surface area contributed by atoms with Gasteiger partial charge >= 0.3 is 0 Å². The molecule has 0 spiro atoms. The summed E-state index contributed by atoms with van der Waals surface area (Å²) in [5, 5.41) is 3.38.